The normalized spacial score (nSPS) is 10.9. The van der Waals surface area contributed by atoms with Crippen LogP contribution in [0.3, 0.4) is 0 Å². The summed E-state index contributed by atoms with van der Waals surface area (Å²) < 4.78 is 1.91. The fraction of sp³-hybridized carbons (Fsp3) is 0.211. The van der Waals surface area contributed by atoms with Crippen molar-refractivity contribution in [2.45, 2.75) is 26.4 Å². The topological polar surface area (TPSA) is 130 Å². The molecule has 0 amide bonds. The van der Waals surface area contributed by atoms with E-state index < -0.39 is 0 Å². The summed E-state index contributed by atoms with van der Waals surface area (Å²) in [6.07, 6.45) is 7.02. The van der Waals surface area contributed by atoms with Gasteiger partial charge in [-0.15, -0.1) is 0 Å². The summed E-state index contributed by atoms with van der Waals surface area (Å²) >= 11 is 0. The second-order valence-electron chi connectivity index (χ2n) is 6.63. The van der Waals surface area contributed by atoms with Crippen molar-refractivity contribution < 1.29 is 0 Å². The maximum absolute atomic E-state index is 8.76. The van der Waals surface area contributed by atoms with Crippen molar-refractivity contribution in [2.75, 3.05) is 5.32 Å². The first-order valence-electron chi connectivity index (χ1n) is 9.04. The average molecular weight is 386 g/mol. The number of azide groups is 1. The minimum atomic E-state index is 0.0509. The fourth-order valence-electron chi connectivity index (χ4n) is 2.89. The molecule has 0 atom stereocenters. The molecule has 29 heavy (non-hydrogen) atoms. The van der Waals surface area contributed by atoms with E-state index in [-0.39, 0.29) is 12.0 Å². The molecule has 0 bridgehead atoms. The highest BCUT2D eigenvalue weighted by Crippen LogP contribution is 2.25. The molecule has 0 saturated heterocycles. The lowest BCUT2D eigenvalue weighted by atomic mass is 10.1. The summed E-state index contributed by atoms with van der Waals surface area (Å²) in [6.45, 7) is 4.54. The molecule has 0 radical (unpaired) electrons. The first-order valence-corrected chi connectivity index (χ1v) is 9.04. The van der Waals surface area contributed by atoms with Gasteiger partial charge >= 0.3 is 0 Å². The van der Waals surface area contributed by atoms with E-state index in [2.05, 4.69) is 40.3 Å². The molecule has 10 heteroatoms. The predicted octanol–water partition coefficient (Wildman–Crippen LogP) is 4.42. The third kappa shape index (κ3) is 3.83. The van der Waals surface area contributed by atoms with Crippen LogP contribution in [0.25, 0.3) is 32.9 Å². The van der Waals surface area contributed by atoms with Gasteiger partial charge in [0.25, 0.3) is 0 Å². The monoisotopic (exact) mass is 386 g/mol. The summed E-state index contributed by atoms with van der Waals surface area (Å²) in [5.74, 6) is 0.558. The molecule has 0 spiro atoms. The summed E-state index contributed by atoms with van der Waals surface area (Å²) in [5.41, 5.74) is 12.8. The second kappa shape index (κ2) is 7.91. The van der Waals surface area contributed by atoms with Gasteiger partial charge in [-0.1, -0.05) is 6.07 Å². The van der Waals surface area contributed by atoms with Crippen molar-refractivity contribution in [1.82, 2.24) is 29.5 Å². The predicted molar refractivity (Wildman–Crippen MR) is 109 cm³/mol. The Labute approximate surface area is 166 Å². The Hall–Kier alpha value is -4.04. The van der Waals surface area contributed by atoms with E-state index in [1.165, 1.54) is 0 Å². The number of anilines is 1. The zero-order valence-corrected chi connectivity index (χ0v) is 15.9. The Kier molecular flexibility index (Phi) is 5.00. The van der Waals surface area contributed by atoms with E-state index in [9.17, 15) is 0 Å². The van der Waals surface area contributed by atoms with Crippen LogP contribution in [0.2, 0.25) is 0 Å². The van der Waals surface area contributed by atoms with Gasteiger partial charge in [-0.3, -0.25) is 9.97 Å². The quantitative estimate of drug-likeness (QED) is 0.296. The zero-order chi connectivity index (χ0) is 20.2. The Bertz CT molecular complexity index is 1180. The second-order valence-corrected chi connectivity index (χ2v) is 6.63. The van der Waals surface area contributed by atoms with Crippen LogP contribution in [-0.2, 0) is 6.54 Å². The molecule has 0 unspecified atom stereocenters. The standard InChI is InChI=1S/C19H18N10/c1-12(2)29-11-24-16-17(25-19(27-28-20)26-18(16)29)23-9-13-5-6-15(22-8-13)14-4-3-7-21-10-14/h3-8,10-12H,9H2,1-2H3,(H,23,25,26). The molecular weight excluding hydrogens is 368 g/mol. The third-order valence-electron chi connectivity index (χ3n) is 4.34. The lowest BCUT2D eigenvalue weighted by Crippen LogP contribution is -2.05. The molecule has 144 valence electrons. The molecule has 0 aliphatic rings. The van der Waals surface area contributed by atoms with Gasteiger partial charge in [-0.2, -0.15) is 0 Å². The van der Waals surface area contributed by atoms with Gasteiger partial charge < -0.3 is 9.88 Å². The lowest BCUT2D eigenvalue weighted by molar-refractivity contribution is 0.613. The number of pyridine rings is 2. The van der Waals surface area contributed by atoms with Crippen LogP contribution >= 0.6 is 0 Å². The maximum Gasteiger partial charge on any atom is 0.220 e. The van der Waals surface area contributed by atoms with Crippen molar-refractivity contribution in [1.29, 1.82) is 0 Å². The van der Waals surface area contributed by atoms with Gasteiger partial charge in [0.2, 0.25) is 5.95 Å². The molecule has 0 aliphatic carbocycles. The molecule has 0 aromatic carbocycles. The van der Waals surface area contributed by atoms with Gasteiger partial charge in [0.15, 0.2) is 11.5 Å². The Morgan fingerprint density at radius 3 is 2.76 bits per heavy atom. The van der Waals surface area contributed by atoms with Crippen LogP contribution in [0.15, 0.2) is 54.3 Å². The highest BCUT2D eigenvalue weighted by atomic mass is 15.3. The van der Waals surface area contributed by atoms with Gasteiger partial charge in [-0.05, 0) is 48.3 Å². The number of rotatable bonds is 6. The van der Waals surface area contributed by atoms with E-state index >= 15 is 0 Å². The van der Waals surface area contributed by atoms with Crippen molar-refractivity contribution in [3.05, 3.63) is 65.2 Å². The summed E-state index contributed by atoms with van der Waals surface area (Å²) in [6, 6.07) is 7.94. The number of hydrogen-bond acceptors (Lipinski definition) is 7. The summed E-state index contributed by atoms with van der Waals surface area (Å²) in [5, 5.41) is 6.81. The van der Waals surface area contributed by atoms with Gasteiger partial charge in [0.05, 0.1) is 12.0 Å². The van der Waals surface area contributed by atoms with Crippen molar-refractivity contribution in [3.8, 4) is 11.3 Å². The van der Waals surface area contributed by atoms with E-state index in [0.717, 1.165) is 16.8 Å². The smallest absolute Gasteiger partial charge is 0.220 e. The molecule has 10 nitrogen and oxygen atoms in total. The van der Waals surface area contributed by atoms with Crippen molar-refractivity contribution in [2.24, 2.45) is 5.11 Å². The minimum absolute atomic E-state index is 0.0509. The number of aromatic nitrogens is 6. The van der Waals surface area contributed by atoms with Crippen molar-refractivity contribution in [3.63, 3.8) is 0 Å². The highest BCUT2D eigenvalue weighted by molar-refractivity contribution is 5.84. The van der Waals surface area contributed by atoms with Gasteiger partial charge in [0, 0.05) is 41.7 Å². The van der Waals surface area contributed by atoms with E-state index in [4.69, 9.17) is 5.53 Å². The van der Waals surface area contributed by atoms with Gasteiger partial charge in [-0.25, -0.2) is 15.0 Å². The van der Waals surface area contributed by atoms with E-state index in [1.807, 2.05) is 42.7 Å². The fourth-order valence-corrected chi connectivity index (χ4v) is 2.89. The van der Waals surface area contributed by atoms with Crippen LogP contribution in [0.5, 0.6) is 0 Å². The van der Waals surface area contributed by atoms with Gasteiger partial charge in [0.1, 0.15) is 5.52 Å². The third-order valence-corrected chi connectivity index (χ3v) is 4.34. The van der Waals surface area contributed by atoms with Crippen LogP contribution in [0.1, 0.15) is 25.5 Å². The number of hydrogen-bond donors (Lipinski definition) is 1. The van der Waals surface area contributed by atoms with Crippen LogP contribution in [0, 0.1) is 0 Å². The van der Waals surface area contributed by atoms with Crippen LogP contribution in [-0.4, -0.2) is 29.5 Å². The Morgan fingerprint density at radius 1 is 1.17 bits per heavy atom. The van der Waals surface area contributed by atoms with E-state index in [0.29, 0.717) is 23.5 Å². The molecule has 4 heterocycles. The van der Waals surface area contributed by atoms with Crippen LogP contribution in [0.4, 0.5) is 11.8 Å². The molecule has 0 aliphatic heterocycles. The molecule has 4 aromatic heterocycles. The van der Waals surface area contributed by atoms with Crippen molar-refractivity contribution >= 4 is 22.9 Å². The first-order chi connectivity index (χ1) is 14.2. The number of imidazole rings is 1. The number of nitrogens with zero attached hydrogens (tertiary/aromatic N) is 9. The first kappa shape index (κ1) is 18.3. The largest absolute Gasteiger partial charge is 0.364 e. The minimum Gasteiger partial charge on any atom is -0.364 e. The Balaban J connectivity index is 1.60. The van der Waals surface area contributed by atoms with Crippen LogP contribution < -0.4 is 5.32 Å². The zero-order valence-electron chi connectivity index (χ0n) is 15.9. The maximum atomic E-state index is 8.76. The summed E-state index contributed by atoms with van der Waals surface area (Å²) in [4.78, 5) is 24.5. The highest BCUT2D eigenvalue weighted by Gasteiger charge is 2.14. The Morgan fingerprint density at radius 2 is 2.07 bits per heavy atom. The average Bonchev–Trinajstić information content (AvgIpc) is 3.18. The van der Waals surface area contributed by atoms with E-state index in [1.54, 1.807) is 24.9 Å². The summed E-state index contributed by atoms with van der Waals surface area (Å²) in [7, 11) is 0. The number of fused-ring (bicyclic) bond motifs is 1. The lowest BCUT2D eigenvalue weighted by Gasteiger charge is -2.10. The molecule has 1 N–H and O–H groups in total. The molecule has 4 aromatic rings. The molecule has 4 rings (SSSR count). The molecular formula is C19H18N10. The molecule has 0 fully saturated rings. The molecule has 0 saturated carbocycles. The SMILES string of the molecule is CC(C)n1cnc2c(NCc3ccc(-c4cccnc4)nc3)nc(N=[N+]=[N-])nc21. The number of nitrogens with one attached hydrogen (secondary N) is 1.